The molecule has 0 saturated carbocycles. The number of fused-ring (bicyclic) bond motifs is 2. The van der Waals surface area contributed by atoms with Crippen molar-refractivity contribution >= 4 is 21.9 Å². The van der Waals surface area contributed by atoms with E-state index in [4.69, 9.17) is 4.98 Å². The predicted molar refractivity (Wildman–Crippen MR) is 131 cm³/mol. The summed E-state index contributed by atoms with van der Waals surface area (Å²) in [4.78, 5) is 25.2. The van der Waals surface area contributed by atoms with Crippen LogP contribution >= 0.6 is 0 Å². The highest BCUT2D eigenvalue weighted by Crippen LogP contribution is 2.40. The molecule has 4 aromatic heterocycles. The fourth-order valence-corrected chi connectivity index (χ4v) is 4.52. The second-order valence-electron chi connectivity index (χ2n) is 8.31. The Kier molecular flexibility index (Phi) is 4.99. The van der Waals surface area contributed by atoms with Gasteiger partial charge in [-0.25, -0.2) is 15.0 Å². The molecule has 9 heteroatoms. The Morgan fingerprint density at radius 2 is 1.61 bits per heavy atom. The molecule has 0 fully saturated rings. The van der Waals surface area contributed by atoms with Gasteiger partial charge in [-0.3, -0.25) is 9.97 Å². The number of aromatic nitrogens is 6. The average molecular weight is 482 g/mol. The second kappa shape index (κ2) is 8.23. The molecule has 6 nitrogen and oxygen atoms in total. The van der Waals surface area contributed by atoms with Crippen LogP contribution in [0, 0.1) is 6.92 Å². The normalized spacial score (nSPS) is 11.9. The molecule has 0 aliphatic heterocycles. The number of nitrogens with zero attached hydrogens (tertiary/aromatic N) is 5. The number of benzene rings is 2. The molecule has 0 unspecified atom stereocenters. The molecule has 0 saturated heterocycles. The van der Waals surface area contributed by atoms with Gasteiger partial charge in [0, 0.05) is 34.5 Å². The predicted octanol–water partition coefficient (Wildman–Crippen LogP) is 6.62. The Morgan fingerprint density at radius 3 is 2.47 bits per heavy atom. The molecule has 0 amide bonds. The summed E-state index contributed by atoms with van der Waals surface area (Å²) in [6, 6.07) is 14.7. The molecule has 176 valence electrons. The third-order valence-electron chi connectivity index (χ3n) is 6.14. The Labute approximate surface area is 202 Å². The highest BCUT2D eigenvalue weighted by atomic mass is 19.4. The highest BCUT2D eigenvalue weighted by molar-refractivity contribution is 6.06. The van der Waals surface area contributed by atoms with Gasteiger partial charge >= 0.3 is 6.18 Å². The maximum absolute atomic E-state index is 13.4. The van der Waals surface area contributed by atoms with Gasteiger partial charge in [0.2, 0.25) is 0 Å². The SMILES string of the molecule is Cc1ccc2c(-c3cccc(C(F)(F)F)c3)nccc2c1-c1ncccc1-c1ncnc2nc[nH]c12. The van der Waals surface area contributed by atoms with Crippen molar-refractivity contribution in [2.75, 3.05) is 0 Å². The quantitative estimate of drug-likeness (QED) is 0.306. The summed E-state index contributed by atoms with van der Waals surface area (Å²) >= 11 is 0. The van der Waals surface area contributed by atoms with E-state index in [-0.39, 0.29) is 0 Å². The van der Waals surface area contributed by atoms with Crippen molar-refractivity contribution in [1.82, 2.24) is 29.9 Å². The van der Waals surface area contributed by atoms with Gasteiger partial charge in [-0.05, 0) is 48.2 Å². The minimum atomic E-state index is -4.44. The lowest BCUT2D eigenvalue weighted by Crippen LogP contribution is -2.04. The van der Waals surface area contributed by atoms with Gasteiger partial charge in [0.1, 0.15) is 17.5 Å². The van der Waals surface area contributed by atoms with Crippen LogP contribution in [0.4, 0.5) is 13.2 Å². The van der Waals surface area contributed by atoms with Crippen LogP contribution in [0.5, 0.6) is 0 Å². The number of hydrogen-bond donors (Lipinski definition) is 1. The van der Waals surface area contributed by atoms with Gasteiger partial charge in [-0.15, -0.1) is 0 Å². The summed E-state index contributed by atoms with van der Waals surface area (Å²) in [6.07, 6.45) is 1.90. The van der Waals surface area contributed by atoms with E-state index in [9.17, 15) is 13.2 Å². The molecule has 36 heavy (non-hydrogen) atoms. The monoisotopic (exact) mass is 482 g/mol. The van der Waals surface area contributed by atoms with Crippen LogP contribution in [0.15, 0.2) is 79.6 Å². The van der Waals surface area contributed by atoms with Gasteiger partial charge in [0.25, 0.3) is 0 Å². The van der Waals surface area contributed by atoms with Crippen LogP contribution in [0.1, 0.15) is 11.1 Å². The van der Waals surface area contributed by atoms with Crippen molar-refractivity contribution in [2.45, 2.75) is 13.1 Å². The number of imidazole rings is 1. The van der Waals surface area contributed by atoms with Crippen LogP contribution in [-0.4, -0.2) is 29.9 Å². The molecule has 1 N–H and O–H groups in total. The summed E-state index contributed by atoms with van der Waals surface area (Å²) in [5.74, 6) is 0. The van der Waals surface area contributed by atoms with Crippen molar-refractivity contribution in [3.05, 3.63) is 90.8 Å². The number of hydrogen-bond acceptors (Lipinski definition) is 5. The standard InChI is InChI=1S/C27H17F3N6/c1-15-7-8-19-18(9-11-32-22(19)16-4-2-5-17(12-16)27(28,29)30)21(15)23-20(6-3-10-31-23)24-25-26(35-13-33-24)36-14-34-25/h2-14H,1H3,(H,33,34,35,36). The van der Waals surface area contributed by atoms with Crippen LogP contribution in [0.2, 0.25) is 0 Å². The largest absolute Gasteiger partial charge is 0.416 e. The van der Waals surface area contributed by atoms with E-state index in [1.54, 1.807) is 24.8 Å². The summed E-state index contributed by atoms with van der Waals surface area (Å²) < 4.78 is 40.1. The van der Waals surface area contributed by atoms with Gasteiger partial charge < -0.3 is 4.98 Å². The number of aryl methyl sites for hydroxylation is 1. The van der Waals surface area contributed by atoms with Crippen molar-refractivity contribution in [2.24, 2.45) is 0 Å². The molecule has 0 radical (unpaired) electrons. The zero-order valence-corrected chi connectivity index (χ0v) is 18.9. The molecule has 0 spiro atoms. The van der Waals surface area contributed by atoms with E-state index in [2.05, 4.69) is 24.9 Å². The topological polar surface area (TPSA) is 80.2 Å². The minimum Gasteiger partial charge on any atom is -0.341 e. The molecule has 6 aromatic rings. The first kappa shape index (κ1) is 21.8. The zero-order chi connectivity index (χ0) is 24.9. The number of halogens is 3. The van der Waals surface area contributed by atoms with Crippen LogP contribution in [-0.2, 0) is 6.18 Å². The average Bonchev–Trinajstić information content (AvgIpc) is 3.37. The Balaban J connectivity index is 1.61. The third kappa shape index (κ3) is 3.56. The van der Waals surface area contributed by atoms with Crippen molar-refractivity contribution in [3.8, 4) is 33.8 Å². The summed E-state index contributed by atoms with van der Waals surface area (Å²) in [5, 5.41) is 1.55. The first-order chi connectivity index (χ1) is 17.4. The molecule has 0 atom stereocenters. The molecular weight excluding hydrogens is 465 g/mol. The van der Waals surface area contributed by atoms with Crippen LogP contribution in [0.3, 0.4) is 0 Å². The fraction of sp³-hybridized carbons (Fsp3) is 0.0741. The minimum absolute atomic E-state index is 0.390. The Morgan fingerprint density at radius 1 is 0.750 bits per heavy atom. The molecular formula is C27H17F3N6. The fourth-order valence-electron chi connectivity index (χ4n) is 4.52. The van der Waals surface area contributed by atoms with E-state index in [0.29, 0.717) is 33.8 Å². The van der Waals surface area contributed by atoms with Gasteiger partial charge in [-0.2, -0.15) is 13.2 Å². The van der Waals surface area contributed by atoms with Gasteiger partial charge in [0.05, 0.1) is 23.3 Å². The molecule has 0 aliphatic carbocycles. The highest BCUT2D eigenvalue weighted by Gasteiger charge is 2.30. The Hall–Kier alpha value is -4.66. The lowest BCUT2D eigenvalue weighted by molar-refractivity contribution is -0.137. The first-order valence-electron chi connectivity index (χ1n) is 11.1. The van der Waals surface area contributed by atoms with E-state index >= 15 is 0 Å². The molecule has 2 aromatic carbocycles. The summed E-state index contributed by atoms with van der Waals surface area (Å²) in [6.45, 7) is 1.98. The number of H-pyrrole nitrogens is 1. The van der Waals surface area contributed by atoms with Crippen LogP contribution in [0.25, 0.3) is 55.7 Å². The number of pyridine rings is 2. The lowest BCUT2D eigenvalue weighted by atomic mass is 9.92. The number of alkyl halides is 3. The van der Waals surface area contributed by atoms with Gasteiger partial charge in [0.15, 0.2) is 5.65 Å². The van der Waals surface area contributed by atoms with Gasteiger partial charge in [-0.1, -0.05) is 24.3 Å². The molecule has 4 heterocycles. The van der Waals surface area contributed by atoms with Crippen molar-refractivity contribution < 1.29 is 13.2 Å². The van der Waals surface area contributed by atoms with E-state index in [1.165, 1.54) is 12.4 Å². The zero-order valence-electron chi connectivity index (χ0n) is 18.9. The van der Waals surface area contributed by atoms with Crippen molar-refractivity contribution in [1.29, 1.82) is 0 Å². The molecule has 6 rings (SSSR count). The maximum atomic E-state index is 13.4. The van der Waals surface area contributed by atoms with E-state index < -0.39 is 11.7 Å². The molecule has 0 bridgehead atoms. The smallest absolute Gasteiger partial charge is 0.341 e. The molecule has 0 aliphatic rings. The third-order valence-corrected chi connectivity index (χ3v) is 6.14. The number of rotatable bonds is 3. The first-order valence-corrected chi connectivity index (χ1v) is 11.1. The van der Waals surface area contributed by atoms with E-state index in [1.807, 2.05) is 37.3 Å². The Bertz CT molecular complexity index is 1760. The summed E-state index contributed by atoms with van der Waals surface area (Å²) in [5.41, 5.74) is 5.31. The van der Waals surface area contributed by atoms with Crippen LogP contribution < -0.4 is 0 Å². The number of aromatic amines is 1. The van der Waals surface area contributed by atoms with Crippen molar-refractivity contribution in [3.63, 3.8) is 0 Å². The maximum Gasteiger partial charge on any atom is 0.416 e. The number of nitrogens with one attached hydrogen (secondary N) is 1. The van der Waals surface area contributed by atoms with E-state index in [0.717, 1.165) is 39.6 Å². The second-order valence-corrected chi connectivity index (χ2v) is 8.31. The summed E-state index contributed by atoms with van der Waals surface area (Å²) in [7, 11) is 0. The lowest BCUT2D eigenvalue weighted by Gasteiger charge is -2.16.